The molecule has 3 N–H and O–H groups in total. The van der Waals surface area contributed by atoms with Crippen molar-refractivity contribution in [2.24, 2.45) is 0 Å². The van der Waals surface area contributed by atoms with Gasteiger partial charge in [0.2, 0.25) is 0 Å². The molecule has 0 aliphatic carbocycles. The summed E-state index contributed by atoms with van der Waals surface area (Å²) in [6, 6.07) is 27.9. The number of aryl methyl sites for hydroxylation is 2. The molecule has 0 bridgehead atoms. The highest BCUT2D eigenvalue weighted by Gasteiger charge is 2.20. The number of halogens is 1. The van der Waals surface area contributed by atoms with Crippen LogP contribution in [0.2, 0.25) is 0 Å². The molecule has 1 atom stereocenters. The molecule has 6 heteroatoms. The number of aliphatic hydroxyl groups is 1. The Balaban J connectivity index is 1.09. The van der Waals surface area contributed by atoms with E-state index < -0.39 is 6.10 Å². The Morgan fingerprint density at radius 1 is 0.800 bits per heavy atom. The van der Waals surface area contributed by atoms with Crippen LogP contribution in [0, 0.1) is 19.7 Å². The molecule has 1 unspecified atom stereocenters. The number of ether oxygens (including phenoxy) is 1. The van der Waals surface area contributed by atoms with Crippen LogP contribution in [0.4, 0.5) is 15.8 Å². The monoisotopic (exact) mass is 539 g/mol. The number of aliphatic hydroxyl groups excluding tert-OH is 1. The maximum Gasteiger partial charge on any atom is 0.123 e. The summed E-state index contributed by atoms with van der Waals surface area (Å²) in [6.07, 6.45) is 0.238. The van der Waals surface area contributed by atoms with E-state index >= 15 is 0 Å². The maximum absolute atomic E-state index is 13.2. The summed E-state index contributed by atoms with van der Waals surface area (Å²) in [7, 11) is 0. The lowest BCUT2D eigenvalue weighted by molar-refractivity contribution is 0.0661. The number of benzene rings is 4. The molecule has 5 nitrogen and oxygen atoms in total. The summed E-state index contributed by atoms with van der Waals surface area (Å²) in [5, 5.41) is 10.6. The number of anilines is 2. The number of hydrogen-bond donors (Lipinski definition) is 2. The van der Waals surface area contributed by atoms with E-state index in [4.69, 9.17) is 10.5 Å². The van der Waals surface area contributed by atoms with Crippen LogP contribution in [-0.2, 0) is 6.42 Å². The lowest BCUT2D eigenvalue weighted by Crippen LogP contribution is -2.49. The van der Waals surface area contributed by atoms with Crippen molar-refractivity contribution in [1.29, 1.82) is 0 Å². The van der Waals surface area contributed by atoms with Crippen molar-refractivity contribution in [3.63, 3.8) is 0 Å². The number of nitrogens with two attached hydrogens (primary N) is 1. The van der Waals surface area contributed by atoms with Crippen molar-refractivity contribution < 1.29 is 14.2 Å². The van der Waals surface area contributed by atoms with Gasteiger partial charge in [-0.1, -0.05) is 48.5 Å². The quantitative estimate of drug-likeness (QED) is 0.262. The molecular formula is C34H38FN3O2. The van der Waals surface area contributed by atoms with Crippen molar-refractivity contribution in [1.82, 2.24) is 4.90 Å². The molecule has 5 rings (SSSR count). The molecule has 40 heavy (non-hydrogen) atoms. The molecule has 0 spiro atoms. The topological polar surface area (TPSA) is 62.0 Å². The molecule has 1 aliphatic heterocycles. The van der Waals surface area contributed by atoms with Crippen LogP contribution >= 0.6 is 0 Å². The van der Waals surface area contributed by atoms with Crippen molar-refractivity contribution in [2.75, 3.05) is 50.0 Å². The highest BCUT2D eigenvalue weighted by molar-refractivity contribution is 5.66. The summed E-state index contributed by atoms with van der Waals surface area (Å²) in [5.74, 6) is 0.574. The number of β-amino-alcohol motifs (C(OH)–C–C–N with tert-alkyl or cyclic N) is 1. The van der Waals surface area contributed by atoms with Crippen LogP contribution in [0.3, 0.4) is 0 Å². The molecule has 4 aromatic rings. The van der Waals surface area contributed by atoms with Gasteiger partial charge in [-0.15, -0.1) is 0 Å². The van der Waals surface area contributed by atoms with Gasteiger partial charge in [0.1, 0.15) is 24.3 Å². The second kappa shape index (κ2) is 12.5. The molecule has 1 aliphatic rings. The normalized spacial score (nSPS) is 14.8. The maximum atomic E-state index is 13.2. The van der Waals surface area contributed by atoms with E-state index in [2.05, 4.69) is 58.3 Å². The third-order valence-corrected chi connectivity index (χ3v) is 7.68. The summed E-state index contributed by atoms with van der Waals surface area (Å²) in [4.78, 5) is 4.70. The first kappa shape index (κ1) is 27.7. The van der Waals surface area contributed by atoms with Gasteiger partial charge in [0.15, 0.2) is 0 Å². The lowest BCUT2D eigenvalue weighted by Gasteiger charge is -2.37. The van der Waals surface area contributed by atoms with Gasteiger partial charge in [-0.3, -0.25) is 4.90 Å². The first-order chi connectivity index (χ1) is 19.3. The molecule has 1 saturated heterocycles. The minimum atomic E-state index is -0.551. The van der Waals surface area contributed by atoms with Gasteiger partial charge < -0.3 is 20.5 Å². The lowest BCUT2D eigenvalue weighted by atomic mass is 10.00. The smallest absolute Gasteiger partial charge is 0.123 e. The standard InChI is InChI=1S/C34H38FN3O2/c1-24-20-34(25(2)19-33(24)36)40-23-32(39)22-37-15-17-38(18-16-37)31-13-9-29(10-14-31)28-7-3-26(4-8-28)21-27-5-11-30(35)12-6-27/h3-14,19-20,32,39H,15-18,21-23,36H2,1-2H3. The van der Waals surface area contributed by atoms with Gasteiger partial charge in [-0.25, -0.2) is 4.39 Å². The average molecular weight is 540 g/mol. The van der Waals surface area contributed by atoms with Crippen molar-refractivity contribution >= 4 is 11.4 Å². The van der Waals surface area contributed by atoms with E-state index in [1.54, 1.807) is 0 Å². The van der Waals surface area contributed by atoms with E-state index in [0.717, 1.165) is 60.7 Å². The van der Waals surface area contributed by atoms with Gasteiger partial charge in [0.25, 0.3) is 0 Å². The molecule has 208 valence electrons. The Morgan fingerprint density at radius 3 is 2.00 bits per heavy atom. The number of hydrogen-bond acceptors (Lipinski definition) is 5. The Hall–Kier alpha value is -3.87. The molecule has 1 fully saturated rings. The van der Waals surface area contributed by atoms with E-state index in [0.29, 0.717) is 6.54 Å². The molecule has 4 aromatic carbocycles. The Kier molecular flexibility index (Phi) is 8.68. The third kappa shape index (κ3) is 7.00. The minimum Gasteiger partial charge on any atom is -0.491 e. The van der Waals surface area contributed by atoms with E-state index in [-0.39, 0.29) is 12.4 Å². The van der Waals surface area contributed by atoms with Crippen LogP contribution < -0.4 is 15.4 Å². The van der Waals surface area contributed by atoms with E-state index in [9.17, 15) is 9.50 Å². The van der Waals surface area contributed by atoms with E-state index in [1.165, 1.54) is 34.5 Å². The predicted octanol–water partition coefficient (Wildman–Crippen LogP) is 5.84. The highest BCUT2D eigenvalue weighted by Crippen LogP contribution is 2.26. The summed E-state index contributed by atoms with van der Waals surface area (Å²) in [6.45, 7) is 8.42. The summed E-state index contributed by atoms with van der Waals surface area (Å²) < 4.78 is 19.1. The fourth-order valence-electron chi connectivity index (χ4n) is 5.21. The number of rotatable bonds is 9. The van der Waals surface area contributed by atoms with Crippen LogP contribution in [0.1, 0.15) is 22.3 Å². The van der Waals surface area contributed by atoms with Gasteiger partial charge >= 0.3 is 0 Å². The average Bonchev–Trinajstić information content (AvgIpc) is 2.96. The fourth-order valence-corrected chi connectivity index (χ4v) is 5.21. The Morgan fingerprint density at radius 2 is 1.38 bits per heavy atom. The zero-order valence-electron chi connectivity index (χ0n) is 23.3. The molecule has 0 amide bonds. The first-order valence-corrected chi connectivity index (χ1v) is 13.9. The number of piperazine rings is 1. The van der Waals surface area contributed by atoms with Crippen LogP contribution in [0.5, 0.6) is 5.75 Å². The van der Waals surface area contributed by atoms with Gasteiger partial charge in [0, 0.05) is 44.1 Å². The van der Waals surface area contributed by atoms with Gasteiger partial charge in [-0.05, 0) is 90.0 Å². The SMILES string of the molecule is Cc1cc(OCC(O)CN2CCN(c3ccc(-c4ccc(Cc5ccc(F)cc5)cc4)cc3)CC2)c(C)cc1N. The molecule has 0 radical (unpaired) electrons. The second-order valence-corrected chi connectivity index (χ2v) is 10.8. The number of nitrogens with zero attached hydrogens (tertiary/aromatic N) is 2. The van der Waals surface area contributed by atoms with Crippen LogP contribution in [0.25, 0.3) is 11.1 Å². The molecular weight excluding hydrogens is 501 g/mol. The number of nitrogen functional groups attached to an aromatic ring is 1. The summed E-state index contributed by atoms with van der Waals surface area (Å²) in [5.41, 5.74) is 14.6. The second-order valence-electron chi connectivity index (χ2n) is 10.8. The predicted molar refractivity (Wildman–Crippen MR) is 162 cm³/mol. The van der Waals surface area contributed by atoms with E-state index in [1.807, 2.05) is 38.1 Å². The van der Waals surface area contributed by atoms with Crippen molar-refractivity contribution in [2.45, 2.75) is 26.4 Å². The fraction of sp³-hybridized carbons (Fsp3) is 0.294. The minimum absolute atomic E-state index is 0.204. The highest BCUT2D eigenvalue weighted by atomic mass is 19.1. The molecule has 0 saturated carbocycles. The van der Waals surface area contributed by atoms with Crippen molar-refractivity contribution in [3.8, 4) is 16.9 Å². The van der Waals surface area contributed by atoms with Crippen molar-refractivity contribution in [3.05, 3.63) is 113 Å². The molecule has 0 aromatic heterocycles. The summed E-state index contributed by atoms with van der Waals surface area (Å²) >= 11 is 0. The largest absolute Gasteiger partial charge is 0.491 e. The Bertz CT molecular complexity index is 1400. The third-order valence-electron chi connectivity index (χ3n) is 7.68. The van der Waals surface area contributed by atoms with Gasteiger partial charge in [0.05, 0.1) is 0 Å². The van der Waals surface area contributed by atoms with Crippen LogP contribution in [-0.4, -0.2) is 55.4 Å². The zero-order valence-corrected chi connectivity index (χ0v) is 23.3. The zero-order chi connectivity index (χ0) is 28.1. The Labute approximate surface area is 236 Å². The van der Waals surface area contributed by atoms with Gasteiger partial charge in [-0.2, -0.15) is 0 Å². The molecule has 1 heterocycles. The van der Waals surface area contributed by atoms with Crippen LogP contribution in [0.15, 0.2) is 84.9 Å². The first-order valence-electron chi connectivity index (χ1n) is 13.9.